The third kappa shape index (κ3) is 4.36. The molecule has 0 aliphatic heterocycles. The van der Waals surface area contributed by atoms with Gasteiger partial charge in [-0.05, 0) is 58.7 Å². The van der Waals surface area contributed by atoms with Crippen molar-refractivity contribution < 1.29 is 5.11 Å². The predicted molar refractivity (Wildman–Crippen MR) is 122 cm³/mol. The minimum Gasteiger partial charge on any atom is -0.507 e. The highest BCUT2D eigenvalue weighted by Gasteiger charge is 2.26. The van der Waals surface area contributed by atoms with Crippen LogP contribution in [0.25, 0.3) is 11.0 Å². The monoisotopic (exact) mass is 391 g/mol. The molecule has 0 atom stereocenters. The van der Waals surface area contributed by atoms with E-state index in [9.17, 15) is 5.11 Å². The Bertz CT molecular complexity index is 1010. The van der Waals surface area contributed by atoms with Crippen molar-refractivity contribution in [3.05, 3.63) is 58.9 Å². The van der Waals surface area contributed by atoms with Crippen LogP contribution in [0.4, 0.5) is 0 Å². The summed E-state index contributed by atoms with van der Waals surface area (Å²) in [7, 11) is 0. The predicted octanol–water partition coefficient (Wildman–Crippen LogP) is 5.98. The molecule has 3 rings (SSSR count). The molecule has 0 bridgehead atoms. The summed E-state index contributed by atoms with van der Waals surface area (Å²) in [5.41, 5.74) is 4.89. The quantitative estimate of drug-likeness (QED) is 0.557. The molecule has 3 aromatic rings. The van der Waals surface area contributed by atoms with Gasteiger partial charge >= 0.3 is 0 Å². The number of para-hydroxylation sites is 2. The van der Waals surface area contributed by atoms with Gasteiger partial charge in [-0.1, -0.05) is 53.7 Å². The van der Waals surface area contributed by atoms with Gasteiger partial charge in [0.05, 0.1) is 23.8 Å². The summed E-state index contributed by atoms with van der Waals surface area (Å²) in [5, 5.41) is 10.9. The Hall–Kier alpha value is -2.62. The minimum absolute atomic E-state index is 0.139. The Morgan fingerprint density at radius 1 is 1.00 bits per heavy atom. The lowest BCUT2D eigenvalue weighted by atomic mass is 9.78. The number of aryl methyl sites for hydroxylation is 1. The van der Waals surface area contributed by atoms with Gasteiger partial charge in [0, 0.05) is 6.54 Å². The van der Waals surface area contributed by atoms with Crippen LogP contribution in [0.15, 0.2) is 41.4 Å². The zero-order valence-electron chi connectivity index (χ0n) is 18.7. The lowest BCUT2D eigenvalue weighted by molar-refractivity contribution is 0.422. The number of phenolic OH excluding ortho intramolecular Hbond substituents is 1. The number of fused-ring (bicyclic) bond motifs is 1. The van der Waals surface area contributed by atoms with Crippen molar-refractivity contribution in [3.8, 4) is 5.75 Å². The van der Waals surface area contributed by atoms with Crippen LogP contribution in [0.5, 0.6) is 5.75 Å². The molecule has 0 unspecified atom stereocenters. The third-order valence-electron chi connectivity index (χ3n) is 5.27. The summed E-state index contributed by atoms with van der Waals surface area (Å²) in [5.74, 6) is 1.28. The van der Waals surface area contributed by atoms with Crippen LogP contribution in [-0.2, 0) is 23.9 Å². The number of phenols is 1. The highest BCUT2D eigenvalue weighted by molar-refractivity contribution is 5.85. The van der Waals surface area contributed by atoms with E-state index in [2.05, 4.69) is 71.2 Å². The summed E-state index contributed by atoms with van der Waals surface area (Å²) in [4.78, 5) is 9.42. The summed E-state index contributed by atoms with van der Waals surface area (Å²) in [6.07, 6.45) is 1.86. The summed E-state index contributed by atoms with van der Waals surface area (Å²) in [6, 6.07) is 12.3. The van der Waals surface area contributed by atoms with Crippen LogP contribution < -0.4 is 0 Å². The number of aromatic hydroxyl groups is 1. The number of hydrogen-bond acceptors (Lipinski definition) is 3. The Labute approximate surface area is 174 Å². The largest absolute Gasteiger partial charge is 0.507 e. The lowest BCUT2D eigenvalue weighted by Crippen LogP contribution is -2.17. The summed E-state index contributed by atoms with van der Waals surface area (Å²) < 4.78 is 2.18. The number of nitrogens with zero attached hydrogens (tertiary/aromatic N) is 3. The van der Waals surface area contributed by atoms with Crippen molar-refractivity contribution in [2.24, 2.45) is 4.99 Å². The standard InChI is InChI=1S/C25H33N3O/c1-8-28-21-12-10-9-11-20(21)27-22(28)16-26-15-17-13-18(24(2,3)4)23(29)19(14-17)25(5,6)7/h9-14,16,29H,8,15H2,1-7H3. The SMILES string of the molecule is CCn1c(C=NCc2cc(C(C)(C)C)c(O)c(C(C)(C)C)c2)nc2ccccc21. The van der Waals surface area contributed by atoms with Gasteiger partial charge in [0.2, 0.25) is 0 Å². The first kappa shape index (κ1) is 21.1. The fourth-order valence-corrected chi connectivity index (χ4v) is 3.69. The second-order valence-corrected chi connectivity index (χ2v) is 9.71. The maximum Gasteiger partial charge on any atom is 0.151 e. The first-order valence-corrected chi connectivity index (χ1v) is 10.3. The molecule has 0 fully saturated rings. The molecule has 154 valence electrons. The van der Waals surface area contributed by atoms with Gasteiger partial charge in [0.1, 0.15) is 5.75 Å². The van der Waals surface area contributed by atoms with Gasteiger partial charge in [-0.15, -0.1) is 0 Å². The molecule has 4 heteroatoms. The van der Waals surface area contributed by atoms with Gasteiger partial charge in [-0.25, -0.2) is 4.98 Å². The zero-order valence-corrected chi connectivity index (χ0v) is 18.7. The second kappa shape index (κ2) is 7.66. The number of hydrogen-bond donors (Lipinski definition) is 1. The molecule has 0 aliphatic carbocycles. The molecular formula is C25H33N3O. The fraction of sp³-hybridized carbons (Fsp3) is 0.440. The van der Waals surface area contributed by atoms with E-state index in [0.717, 1.165) is 40.1 Å². The maximum atomic E-state index is 10.9. The van der Waals surface area contributed by atoms with Crippen molar-refractivity contribution in [2.45, 2.75) is 72.4 Å². The van der Waals surface area contributed by atoms with Crippen molar-refractivity contribution in [1.29, 1.82) is 0 Å². The molecular weight excluding hydrogens is 358 g/mol. The van der Waals surface area contributed by atoms with E-state index in [1.807, 2.05) is 24.4 Å². The van der Waals surface area contributed by atoms with Crippen LogP contribution in [0.1, 0.15) is 71.0 Å². The Morgan fingerprint density at radius 3 is 2.14 bits per heavy atom. The lowest BCUT2D eigenvalue weighted by Gasteiger charge is -2.28. The Kier molecular flexibility index (Phi) is 5.57. The summed E-state index contributed by atoms with van der Waals surface area (Å²) in [6.45, 7) is 16.3. The highest BCUT2D eigenvalue weighted by Crippen LogP contribution is 2.39. The zero-order chi connectivity index (χ0) is 21.4. The van der Waals surface area contributed by atoms with Crippen molar-refractivity contribution in [1.82, 2.24) is 9.55 Å². The van der Waals surface area contributed by atoms with Crippen molar-refractivity contribution in [2.75, 3.05) is 0 Å². The number of imidazole rings is 1. The first-order valence-electron chi connectivity index (χ1n) is 10.3. The topological polar surface area (TPSA) is 50.4 Å². The van der Waals surface area contributed by atoms with E-state index in [0.29, 0.717) is 12.3 Å². The normalized spacial score (nSPS) is 12.9. The Balaban J connectivity index is 1.97. The van der Waals surface area contributed by atoms with E-state index in [-0.39, 0.29) is 10.8 Å². The highest BCUT2D eigenvalue weighted by atomic mass is 16.3. The van der Waals surface area contributed by atoms with E-state index in [1.165, 1.54) is 0 Å². The summed E-state index contributed by atoms with van der Waals surface area (Å²) >= 11 is 0. The molecule has 0 amide bonds. The van der Waals surface area contributed by atoms with Gasteiger partial charge in [-0.2, -0.15) is 0 Å². The number of rotatable bonds is 4. The Morgan fingerprint density at radius 2 is 1.59 bits per heavy atom. The van der Waals surface area contributed by atoms with Crippen LogP contribution in [0.2, 0.25) is 0 Å². The van der Waals surface area contributed by atoms with E-state index < -0.39 is 0 Å². The molecule has 1 aromatic heterocycles. The molecule has 2 aromatic carbocycles. The number of aromatic nitrogens is 2. The molecule has 0 radical (unpaired) electrons. The van der Waals surface area contributed by atoms with Crippen molar-refractivity contribution >= 4 is 17.2 Å². The molecule has 1 heterocycles. The van der Waals surface area contributed by atoms with E-state index in [1.54, 1.807) is 0 Å². The third-order valence-corrected chi connectivity index (χ3v) is 5.27. The number of aliphatic imine (C=N–C) groups is 1. The van der Waals surface area contributed by atoms with Gasteiger partial charge in [0.15, 0.2) is 5.82 Å². The van der Waals surface area contributed by atoms with Gasteiger partial charge < -0.3 is 9.67 Å². The maximum absolute atomic E-state index is 10.9. The van der Waals surface area contributed by atoms with Crippen molar-refractivity contribution in [3.63, 3.8) is 0 Å². The minimum atomic E-state index is -0.139. The van der Waals surface area contributed by atoms with Crippen LogP contribution in [-0.4, -0.2) is 20.9 Å². The molecule has 0 aliphatic rings. The first-order chi connectivity index (χ1) is 13.5. The van der Waals surface area contributed by atoms with Gasteiger partial charge in [0.25, 0.3) is 0 Å². The van der Waals surface area contributed by atoms with Gasteiger partial charge in [-0.3, -0.25) is 4.99 Å². The average molecular weight is 392 g/mol. The van der Waals surface area contributed by atoms with E-state index in [4.69, 9.17) is 9.98 Å². The number of benzene rings is 2. The van der Waals surface area contributed by atoms with Crippen LogP contribution in [0, 0.1) is 0 Å². The molecule has 0 saturated heterocycles. The van der Waals surface area contributed by atoms with Crippen LogP contribution in [0.3, 0.4) is 0 Å². The smallest absolute Gasteiger partial charge is 0.151 e. The fourth-order valence-electron chi connectivity index (χ4n) is 3.69. The molecule has 0 spiro atoms. The average Bonchev–Trinajstić information content (AvgIpc) is 2.98. The van der Waals surface area contributed by atoms with E-state index >= 15 is 0 Å². The van der Waals surface area contributed by atoms with Crippen LogP contribution >= 0.6 is 0 Å². The molecule has 1 N–H and O–H groups in total. The molecule has 4 nitrogen and oxygen atoms in total. The molecule has 29 heavy (non-hydrogen) atoms. The molecule has 0 saturated carbocycles. The second-order valence-electron chi connectivity index (χ2n) is 9.71.